The van der Waals surface area contributed by atoms with Crippen molar-refractivity contribution in [2.45, 2.75) is 44.2 Å². The SMILES string of the molecule is NC(=O)C(N)CCC1CCCCO1. The lowest BCUT2D eigenvalue weighted by molar-refractivity contribution is -0.119. The first kappa shape index (κ1) is 10.5. The minimum atomic E-state index is -0.509. The molecular weight excluding hydrogens is 168 g/mol. The summed E-state index contributed by atoms with van der Waals surface area (Å²) in [7, 11) is 0. The number of hydrogen-bond donors (Lipinski definition) is 2. The molecule has 13 heavy (non-hydrogen) atoms. The predicted molar refractivity (Wildman–Crippen MR) is 50.0 cm³/mol. The van der Waals surface area contributed by atoms with Crippen LogP contribution in [-0.4, -0.2) is 24.7 Å². The Bertz CT molecular complexity index is 167. The molecule has 1 heterocycles. The van der Waals surface area contributed by atoms with E-state index in [1.54, 1.807) is 0 Å². The van der Waals surface area contributed by atoms with Gasteiger partial charge in [-0.3, -0.25) is 4.79 Å². The van der Waals surface area contributed by atoms with Gasteiger partial charge in [0.25, 0.3) is 0 Å². The zero-order valence-corrected chi connectivity index (χ0v) is 7.87. The second-order valence-electron chi connectivity index (χ2n) is 3.57. The average molecular weight is 186 g/mol. The first-order valence-corrected chi connectivity index (χ1v) is 4.86. The smallest absolute Gasteiger partial charge is 0.234 e. The summed E-state index contributed by atoms with van der Waals surface area (Å²) in [5.41, 5.74) is 10.6. The summed E-state index contributed by atoms with van der Waals surface area (Å²) in [6.45, 7) is 0.844. The molecule has 0 aliphatic carbocycles. The van der Waals surface area contributed by atoms with E-state index in [-0.39, 0.29) is 0 Å². The van der Waals surface area contributed by atoms with E-state index in [9.17, 15) is 4.79 Å². The molecule has 0 aromatic heterocycles. The molecule has 2 atom stereocenters. The zero-order chi connectivity index (χ0) is 9.68. The van der Waals surface area contributed by atoms with E-state index in [1.165, 1.54) is 6.42 Å². The third-order valence-corrected chi connectivity index (χ3v) is 2.44. The quantitative estimate of drug-likeness (QED) is 0.656. The maximum absolute atomic E-state index is 10.6. The molecule has 76 valence electrons. The largest absolute Gasteiger partial charge is 0.378 e. The van der Waals surface area contributed by atoms with Crippen LogP contribution in [0.25, 0.3) is 0 Å². The van der Waals surface area contributed by atoms with E-state index in [4.69, 9.17) is 16.2 Å². The molecule has 2 unspecified atom stereocenters. The Kier molecular flexibility index (Phi) is 4.18. The summed E-state index contributed by atoms with van der Waals surface area (Å²) in [5.74, 6) is -0.421. The highest BCUT2D eigenvalue weighted by Crippen LogP contribution is 2.17. The van der Waals surface area contributed by atoms with Crippen LogP contribution in [0.15, 0.2) is 0 Å². The van der Waals surface area contributed by atoms with Gasteiger partial charge in [0.1, 0.15) is 0 Å². The van der Waals surface area contributed by atoms with Crippen molar-refractivity contribution in [2.24, 2.45) is 11.5 Å². The van der Waals surface area contributed by atoms with Gasteiger partial charge in [-0.1, -0.05) is 0 Å². The number of amides is 1. The number of primary amides is 1. The molecule has 0 bridgehead atoms. The standard InChI is InChI=1S/C9H18N2O2/c10-8(9(11)12)5-4-7-3-1-2-6-13-7/h7-8H,1-6,10H2,(H2,11,12). The van der Waals surface area contributed by atoms with Gasteiger partial charge in [-0.15, -0.1) is 0 Å². The lowest BCUT2D eigenvalue weighted by Crippen LogP contribution is -2.37. The van der Waals surface area contributed by atoms with Crippen LogP contribution >= 0.6 is 0 Å². The highest BCUT2D eigenvalue weighted by atomic mass is 16.5. The maximum Gasteiger partial charge on any atom is 0.234 e. The Balaban J connectivity index is 2.13. The summed E-state index contributed by atoms with van der Waals surface area (Å²) in [5, 5.41) is 0. The summed E-state index contributed by atoms with van der Waals surface area (Å²) >= 11 is 0. The van der Waals surface area contributed by atoms with Gasteiger partial charge in [-0.2, -0.15) is 0 Å². The van der Waals surface area contributed by atoms with Crippen LogP contribution < -0.4 is 11.5 Å². The number of hydrogen-bond acceptors (Lipinski definition) is 3. The van der Waals surface area contributed by atoms with E-state index in [0.29, 0.717) is 12.5 Å². The van der Waals surface area contributed by atoms with Crippen molar-refractivity contribution in [1.82, 2.24) is 0 Å². The molecule has 1 rings (SSSR count). The fourth-order valence-corrected chi connectivity index (χ4v) is 1.54. The number of rotatable bonds is 4. The third kappa shape index (κ3) is 3.74. The molecule has 4 heteroatoms. The van der Waals surface area contributed by atoms with E-state index in [1.807, 2.05) is 0 Å². The molecule has 0 aromatic rings. The van der Waals surface area contributed by atoms with E-state index in [2.05, 4.69) is 0 Å². The molecule has 4 N–H and O–H groups in total. The fraction of sp³-hybridized carbons (Fsp3) is 0.889. The average Bonchev–Trinajstić information content (AvgIpc) is 2.15. The molecule has 0 saturated carbocycles. The minimum Gasteiger partial charge on any atom is -0.378 e. The number of ether oxygens (including phenoxy) is 1. The summed E-state index contributed by atoms with van der Waals surface area (Å²) in [4.78, 5) is 10.6. The summed E-state index contributed by atoms with van der Waals surface area (Å²) in [6.07, 6.45) is 5.24. The van der Waals surface area contributed by atoms with Gasteiger partial charge in [0, 0.05) is 6.61 Å². The van der Waals surface area contributed by atoms with Gasteiger partial charge < -0.3 is 16.2 Å². The first-order valence-electron chi connectivity index (χ1n) is 4.86. The van der Waals surface area contributed by atoms with Crippen LogP contribution in [0.5, 0.6) is 0 Å². The van der Waals surface area contributed by atoms with Crippen LogP contribution in [0.2, 0.25) is 0 Å². The Hall–Kier alpha value is -0.610. The van der Waals surface area contributed by atoms with Crippen molar-refractivity contribution < 1.29 is 9.53 Å². The molecule has 1 fully saturated rings. The van der Waals surface area contributed by atoms with Gasteiger partial charge >= 0.3 is 0 Å². The van der Waals surface area contributed by atoms with Gasteiger partial charge in [0.2, 0.25) is 5.91 Å². The van der Waals surface area contributed by atoms with Gasteiger partial charge in [-0.25, -0.2) is 0 Å². The fourth-order valence-electron chi connectivity index (χ4n) is 1.54. The minimum absolute atomic E-state index is 0.291. The van der Waals surface area contributed by atoms with E-state index >= 15 is 0 Å². The molecule has 4 nitrogen and oxygen atoms in total. The van der Waals surface area contributed by atoms with Crippen molar-refractivity contribution in [3.8, 4) is 0 Å². The Labute approximate surface area is 78.6 Å². The molecular formula is C9H18N2O2. The first-order chi connectivity index (χ1) is 6.20. The molecule has 1 amide bonds. The molecule has 0 aromatic carbocycles. The van der Waals surface area contributed by atoms with Crippen molar-refractivity contribution in [2.75, 3.05) is 6.61 Å². The second kappa shape index (κ2) is 5.19. The van der Waals surface area contributed by atoms with E-state index in [0.717, 1.165) is 25.9 Å². The predicted octanol–water partition coefficient (Wildman–Crippen LogP) is 0.148. The molecule has 0 radical (unpaired) electrons. The molecule has 0 spiro atoms. The van der Waals surface area contributed by atoms with Crippen LogP contribution in [0.1, 0.15) is 32.1 Å². The number of carbonyl (C=O) groups excluding carboxylic acids is 1. The number of nitrogens with two attached hydrogens (primary N) is 2. The van der Waals surface area contributed by atoms with Crippen LogP contribution in [0.4, 0.5) is 0 Å². The van der Waals surface area contributed by atoms with Gasteiger partial charge in [0.15, 0.2) is 0 Å². The summed E-state index contributed by atoms with van der Waals surface area (Å²) < 4.78 is 5.50. The van der Waals surface area contributed by atoms with Crippen LogP contribution in [-0.2, 0) is 9.53 Å². The van der Waals surface area contributed by atoms with Crippen LogP contribution in [0, 0.1) is 0 Å². The van der Waals surface area contributed by atoms with Crippen molar-refractivity contribution in [1.29, 1.82) is 0 Å². The normalized spacial score (nSPS) is 25.5. The third-order valence-electron chi connectivity index (χ3n) is 2.44. The van der Waals surface area contributed by atoms with Crippen LogP contribution in [0.3, 0.4) is 0 Å². The van der Waals surface area contributed by atoms with Crippen molar-refractivity contribution >= 4 is 5.91 Å². The Morgan fingerprint density at radius 2 is 2.31 bits per heavy atom. The zero-order valence-electron chi connectivity index (χ0n) is 7.87. The molecule has 1 saturated heterocycles. The van der Waals surface area contributed by atoms with Crippen molar-refractivity contribution in [3.05, 3.63) is 0 Å². The molecule has 1 aliphatic rings. The van der Waals surface area contributed by atoms with E-state index < -0.39 is 11.9 Å². The van der Waals surface area contributed by atoms with Crippen molar-refractivity contribution in [3.63, 3.8) is 0 Å². The highest BCUT2D eigenvalue weighted by molar-refractivity contribution is 5.79. The molecule has 1 aliphatic heterocycles. The lowest BCUT2D eigenvalue weighted by atomic mass is 10.0. The topological polar surface area (TPSA) is 78.3 Å². The number of carbonyl (C=O) groups is 1. The highest BCUT2D eigenvalue weighted by Gasteiger charge is 2.16. The monoisotopic (exact) mass is 186 g/mol. The Morgan fingerprint density at radius 1 is 1.54 bits per heavy atom. The Morgan fingerprint density at radius 3 is 2.85 bits per heavy atom. The second-order valence-corrected chi connectivity index (χ2v) is 3.57. The van der Waals surface area contributed by atoms with Gasteiger partial charge in [-0.05, 0) is 32.1 Å². The van der Waals surface area contributed by atoms with Gasteiger partial charge in [0.05, 0.1) is 12.1 Å². The maximum atomic E-state index is 10.6. The lowest BCUT2D eigenvalue weighted by Gasteiger charge is -2.23. The summed E-state index contributed by atoms with van der Waals surface area (Å²) in [6, 6.07) is -0.509.